The van der Waals surface area contributed by atoms with Gasteiger partial charge in [-0.1, -0.05) is 46.3 Å². The zero-order valence-electron chi connectivity index (χ0n) is 9.22. The predicted octanol–water partition coefficient (Wildman–Crippen LogP) is 3.85. The predicted molar refractivity (Wildman–Crippen MR) is 73.9 cm³/mol. The van der Waals surface area contributed by atoms with Crippen LogP contribution in [-0.4, -0.2) is 16.1 Å². The number of nitrogens with zero attached hydrogens (tertiary/aromatic N) is 1. The minimum absolute atomic E-state index is 0.0648. The van der Waals surface area contributed by atoms with Crippen molar-refractivity contribution in [3.05, 3.63) is 52.6 Å². The Labute approximate surface area is 111 Å². The van der Waals surface area contributed by atoms with E-state index in [0.717, 1.165) is 20.6 Å². The number of pyridine rings is 1. The molecule has 1 aromatic heterocycles. The van der Waals surface area contributed by atoms with E-state index in [0.29, 0.717) is 5.52 Å². The van der Waals surface area contributed by atoms with Crippen LogP contribution in [0.5, 0.6) is 0 Å². The maximum Gasteiger partial charge on any atom is 0.354 e. The Balaban J connectivity index is 2.50. The van der Waals surface area contributed by atoms with Crippen molar-refractivity contribution in [2.24, 2.45) is 0 Å². The second-order valence-electron chi connectivity index (χ2n) is 3.98. The number of carbonyl (C=O) groups is 1. The molecule has 3 aromatic rings. The van der Waals surface area contributed by atoms with E-state index >= 15 is 0 Å². The first-order valence-corrected chi connectivity index (χ1v) is 6.17. The lowest BCUT2D eigenvalue weighted by atomic mass is 10.1. The van der Waals surface area contributed by atoms with Crippen molar-refractivity contribution < 1.29 is 9.90 Å². The molecule has 0 amide bonds. The molecule has 0 aliphatic carbocycles. The maximum absolute atomic E-state index is 11.0. The number of halogens is 1. The van der Waals surface area contributed by atoms with Gasteiger partial charge in [0.15, 0.2) is 0 Å². The summed E-state index contributed by atoms with van der Waals surface area (Å²) in [7, 11) is 0. The molecule has 0 radical (unpaired) electrons. The van der Waals surface area contributed by atoms with Crippen molar-refractivity contribution in [2.45, 2.75) is 0 Å². The Kier molecular flexibility index (Phi) is 2.52. The fourth-order valence-electron chi connectivity index (χ4n) is 2.03. The summed E-state index contributed by atoms with van der Waals surface area (Å²) in [5.74, 6) is -1.01. The van der Waals surface area contributed by atoms with Crippen LogP contribution < -0.4 is 0 Å². The van der Waals surface area contributed by atoms with Gasteiger partial charge in [0.25, 0.3) is 0 Å². The highest BCUT2D eigenvalue weighted by molar-refractivity contribution is 9.10. The zero-order chi connectivity index (χ0) is 12.7. The first-order valence-electron chi connectivity index (χ1n) is 5.38. The fourth-order valence-corrected chi connectivity index (χ4v) is 2.63. The molecule has 0 fully saturated rings. The first-order chi connectivity index (χ1) is 8.66. The van der Waals surface area contributed by atoms with Gasteiger partial charge in [0.1, 0.15) is 5.69 Å². The van der Waals surface area contributed by atoms with Gasteiger partial charge in [-0.05, 0) is 17.5 Å². The van der Waals surface area contributed by atoms with E-state index in [2.05, 4.69) is 20.9 Å². The molecule has 0 spiro atoms. The van der Waals surface area contributed by atoms with Crippen LogP contribution in [0.25, 0.3) is 21.7 Å². The summed E-state index contributed by atoms with van der Waals surface area (Å²) in [6.45, 7) is 0. The zero-order valence-corrected chi connectivity index (χ0v) is 10.8. The standard InChI is InChI=1S/C14H8BrNO2/c15-11-7-8-5-6-12(14(17)18)16-13(8)10-4-2-1-3-9(10)11/h1-7H,(H,17,18). The molecule has 0 saturated heterocycles. The average Bonchev–Trinajstić information content (AvgIpc) is 2.38. The summed E-state index contributed by atoms with van der Waals surface area (Å²) in [6, 6.07) is 13.0. The van der Waals surface area contributed by atoms with Gasteiger partial charge >= 0.3 is 5.97 Å². The van der Waals surface area contributed by atoms with Crippen molar-refractivity contribution in [1.82, 2.24) is 4.98 Å². The second kappa shape index (κ2) is 4.07. The summed E-state index contributed by atoms with van der Waals surface area (Å²) in [5.41, 5.74) is 0.781. The van der Waals surface area contributed by atoms with E-state index in [4.69, 9.17) is 5.11 Å². The Bertz CT molecular complexity index is 783. The van der Waals surface area contributed by atoms with E-state index in [1.165, 1.54) is 6.07 Å². The Morgan fingerprint density at radius 2 is 1.83 bits per heavy atom. The molecule has 18 heavy (non-hydrogen) atoms. The number of carboxylic acids is 1. The lowest BCUT2D eigenvalue weighted by Crippen LogP contribution is -1.99. The molecule has 2 aromatic carbocycles. The molecule has 0 bridgehead atoms. The number of rotatable bonds is 1. The van der Waals surface area contributed by atoms with Crippen LogP contribution in [0.2, 0.25) is 0 Å². The Morgan fingerprint density at radius 3 is 2.56 bits per heavy atom. The molecule has 0 aliphatic heterocycles. The van der Waals surface area contributed by atoms with E-state index in [1.54, 1.807) is 6.07 Å². The molecule has 0 unspecified atom stereocenters. The molecule has 3 nitrogen and oxygen atoms in total. The van der Waals surface area contributed by atoms with Gasteiger partial charge in [0, 0.05) is 15.2 Å². The van der Waals surface area contributed by atoms with Crippen molar-refractivity contribution >= 4 is 43.6 Å². The topological polar surface area (TPSA) is 50.2 Å². The van der Waals surface area contributed by atoms with Crippen molar-refractivity contribution in [2.75, 3.05) is 0 Å². The fraction of sp³-hybridized carbons (Fsp3) is 0. The van der Waals surface area contributed by atoms with Crippen molar-refractivity contribution in [1.29, 1.82) is 0 Å². The highest BCUT2D eigenvalue weighted by Crippen LogP contribution is 2.30. The summed E-state index contributed by atoms with van der Waals surface area (Å²) in [6.07, 6.45) is 0. The highest BCUT2D eigenvalue weighted by atomic mass is 79.9. The molecule has 1 heterocycles. The normalized spacial score (nSPS) is 10.9. The average molecular weight is 302 g/mol. The van der Waals surface area contributed by atoms with Gasteiger partial charge in [0.2, 0.25) is 0 Å². The molecule has 3 rings (SSSR count). The number of aromatic nitrogens is 1. The van der Waals surface area contributed by atoms with Gasteiger partial charge in [-0.25, -0.2) is 9.78 Å². The van der Waals surface area contributed by atoms with E-state index in [1.807, 2.05) is 30.3 Å². The molecule has 0 saturated carbocycles. The largest absolute Gasteiger partial charge is 0.477 e. The third kappa shape index (κ3) is 1.66. The summed E-state index contributed by atoms with van der Waals surface area (Å²) >= 11 is 3.52. The van der Waals surface area contributed by atoms with Gasteiger partial charge in [0.05, 0.1) is 5.52 Å². The smallest absolute Gasteiger partial charge is 0.354 e. The number of aromatic carboxylic acids is 1. The van der Waals surface area contributed by atoms with Gasteiger partial charge in [-0.2, -0.15) is 0 Å². The second-order valence-corrected chi connectivity index (χ2v) is 4.83. The minimum atomic E-state index is -1.01. The molecule has 0 atom stereocenters. The quantitative estimate of drug-likeness (QED) is 0.695. The van der Waals surface area contributed by atoms with Gasteiger partial charge < -0.3 is 5.11 Å². The molecule has 1 N–H and O–H groups in total. The Hall–Kier alpha value is -1.94. The molecular weight excluding hydrogens is 294 g/mol. The van der Waals surface area contributed by atoms with Crippen LogP contribution in [0.3, 0.4) is 0 Å². The molecule has 88 valence electrons. The number of hydrogen-bond donors (Lipinski definition) is 1. The van der Waals surface area contributed by atoms with Crippen LogP contribution in [-0.2, 0) is 0 Å². The van der Waals surface area contributed by atoms with Crippen molar-refractivity contribution in [3.8, 4) is 0 Å². The Morgan fingerprint density at radius 1 is 1.11 bits per heavy atom. The van der Waals surface area contributed by atoms with E-state index < -0.39 is 5.97 Å². The number of fused-ring (bicyclic) bond motifs is 3. The van der Waals surface area contributed by atoms with Gasteiger partial charge in [-0.3, -0.25) is 0 Å². The molecular formula is C14H8BrNO2. The van der Waals surface area contributed by atoms with Crippen molar-refractivity contribution in [3.63, 3.8) is 0 Å². The molecule has 4 heteroatoms. The van der Waals surface area contributed by atoms with Crippen LogP contribution in [0.1, 0.15) is 10.5 Å². The number of carboxylic acid groups (broad SMARTS) is 1. The third-order valence-electron chi connectivity index (χ3n) is 2.87. The molecule has 0 aliphatic rings. The number of benzene rings is 2. The lowest BCUT2D eigenvalue weighted by molar-refractivity contribution is 0.0691. The minimum Gasteiger partial charge on any atom is -0.477 e. The van der Waals surface area contributed by atoms with Crippen LogP contribution in [0.4, 0.5) is 0 Å². The van der Waals surface area contributed by atoms with Gasteiger partial charge in [-0.15, -0.1) is 0 Å². The summed E-state index contributed by atoms with van der Waals surface area (Å²) in [4.78, 5) is 15.2. The summed E-state index contributed by atoms with van der Waals surface area (Å²) < 4.78 is 0.982. The maximum atomic E-state index is 11.0. The lowest BCUT2D eigenvalue weighted by Gasteiger charge is -2.06. The highest BCUT2D eigenvalue weighted by Gasteiger charge is 2.09. The first kappa shape index (κ1) is 11.2. The third-order valence-corrected chi connectivity index (χ3v) is 3.52. The van der Waals surface area contributed by atoms with Crippen LogP contribution >= 0.6 is 15.9 Å². The van der Waals surface area contributed by atoms with Crippen LogP contribution in [0.15, 0.2) is 46.9 Å². The van der Waals surface area contributed by atoms with E-state index in [9.17, 15) is 4.79 Å². The van der Waals surface area contributed by atoms with E-state index in [-0.39, 0.29) is 5.69 Å². The SMILES string of the molecule is O=C(O)c1ccc2cc(Br)c3ccccc3c2n1. The monoisotopic (exact) mass is 301 g/mol. The number of hydrogen-bond acceptors (Lipinski definition) is 2. The summed E-state index contributed by atoms with van der Waals surface area (Å²) in [5, 5.41) is 11.9. The van der Waals surface area contributed by atoms with Crippen LogP contribution in [0, 0.1) is 0 Å².